The van der Waals surface area contributed by atoms with Gasteiger partial charge in [-0.1, -0.05) is 31.9 Å². The van der Waals surface area contributed by atoms with E-state index in [0.29, 0.717) is 19.3 Å². The largest absolute Gasteiger partial charge is 0.507 e. The Morgan fingerprint density at radius 1 is 1.03 bits per heavy atom. The Bertz CT molecular complexity index is 1190. The summed E-state index contributed by atoms with van der Waals surface area (Å²) in [5.41, 5.74) is -1.91. The number of ketones is 2. The minimum atomic E-state index is -0.964. The fraction of sp³-hybridized carbons (Fsp3) is 0.440. The quantitative estimate of drug-likeness (QED) is 0.364. The fourth-order valence-corrected chi connectivity index (χ4v) is 4.76. The summed E-state index contributed by atoms with van der Waals surface area (Å²) in [7, 11) is 1.30. The second-order valence-corrected chi connectivity index (χ2v) is 9.15. The lowest BCUT2D eigenvalue weighted by Crippen LogP contribution is -2.39. The number of methoxy groups -OCH3 is 1. The second-order valence-electron chi connectivity index (χ2n) is 8.77. The zero-order valence-electron chi connectivity index (χ0n) is 19.8. The van der Waals surface area contributed by atoms with Gasteiger partial charge in [-0.15, -0.1) is 0 Å². The molecule has 0 saturated carbocycles. The van der Waals surface area contributed by atoms with Crippen molar-refractivity contribution in [3.05, 3.63) is 21.7 Å². The van der Waals surface area contributed by atoms with Gasteiger partial charge in [-0.3, -0.25) is 9.59 Å². The monoisotopic (exact) mass is 492 g/mol. The van der Waals surface area contributed by atoms with Gasteiger partial charge in [0.1, 0.15) is 50.5 Å². The van der Waals surface area contributed by atoms with Crippen molar-refractivity contribution in [1.29, 1.82) is 0 Å². The third-order valence-corrected chi connectivity index (χ3v) is 6.49. The SMILES string of the molecule is CCCC(=O)c1c(O)c(-c2c(O)c(Cl)c(O)c3c2OC(C)(CCC)CC3=O)c(O)c(C)c1OC. The van der Waals surface area contributed by atoms with Gasteiger partial charge in [0.15, 0.2) is 17.3 Å². The summed E-state index contributed by atoms with van der Waals surface area (Å²) < 4.78 is 11.5. The van der Waals surface area contributed by atoms with Crippen LogP contribution in [0.2, 0.25) is 5.02 Å². The number of halogens is 1. The lowest BCUT2D eigenvalue weighted by molar-refractivity contribution is 0.0462. The molecule has 1 heterocycles. The Morgan fingerprint density at radius 2 is 1.65 bits per heavy atom. The molecule has 2 aromatic carbocycles. The van der Waals surface area contributed by atoms with Crippen LogP contribution in [-0.2, 0) is 0 Å². The van der Waals surface area contributed by atoms with Crippen LogP contribution in [0.15, 0.2) is 0 Å². The summed E-state index contributed by atoms with van der Waals surface area (Å²) in [5.74, 6) is -3.67. The van der Waals surface area contributed by atoms with Gasteiger partial charge in [0.25, 0.3) is 0 Å². The molecule has 4 N–H and O–H groups in total. The van der Waals surface area contributed by atoms with Gasteiger partial charge in [-0.25, -0.2) is 0 Å². The summed E-state index contributed by atoms with van der Waals surface area (Å²) in [6, 6.07) is 0. The predicted octanol–water partition coefficient (Wildman–Crippen LogP) is 5.65. The number of fused-ring (bicyclic) bond motifs is 1. The van der Waals surface area contributed by atoms with E-state index in [1.807, 2.05) is 6.92 Å². The molecule has 9 heteroatoms. The first kappa shape index (κ1) is 25.5. The molecule has 2 aromatic rings. The van der Waals surface area contributed by atoms with Crippen LogP contribution in [0.4, 0.5) is 0 Å². The molecule has 8 nitrogen and oxygen atoms in total. The van der Waals surface area contributed by atoms with Gasteiger partial charge in [0.05, 0.1) is 24.7 Å². The number of rotatable bonds is 7. The Kier molecular flexibility index (Phi) is 6.94. The number of phenols is 4. The molecule has 0 aromatic heterocycles. The lowest BCUT2D eigenvalue weighted by Gasteiger charge is -2.36. The first-order valence-corrected chi connectivity index (χ1v) is 11.5. The van der Waals surface area contributed by atoms with Crippen LogP contribution in [-0.4, -0.2) is 44.7 Å². The van der Waals surface area contributed by atoms with Gasteiger partial charge < -0.3 is 29.9 Å². The van der Waals surface area contributed by atoms with E-state index < -0.39 is 45.2 Å². The number of hydrogen-bond donors (Lipinski definition) is 4. The molecule has 1 aliphatic rings. The minimum Gasteiger partial charge on any atom is -0.507 e. The van der Waals surface area contributed by atoms with Gasteiger partial charge in [-0.05, 0) is 26.7 Å². The molecule has 0 fully saturated rings. The first-order valence-electron chi connectivity index (χ1n) is 11.1. The average molecular weight is 493 g/mol. The van der Waals surface area contributed by atoms with Crippen molar-refractivity contribution < 1.29 is 39.5 Å². The number of carbonyl (C=O) groups excluding carboxylic acids is 2. The Morgan fingerprint density at radius 3 is 2.21 bits per heavy atom. The van der Waals surface area contributed by atoms with Crippen LogP contribution in [0.5, 0.6) is 34.5 Å². The van der Waals surface area contributed by atoms with Crippen molar-refractivity contribution in [2.75, 3.05) is 7.11 Å². The highest BCUT2D eigenvalue weighted by atomic mass is 35.5. The van der Waals surface area contributed by atoms with Crippen LogP contribution in [0, 0.1) is 6.92 Å². The maximum absolute atomic E-state index is 13.1. The van der Waals surface area contributed by atoms with E-state index in [1.165, 1.54) is 14.0 Å². The summed E-state index contributed by atoms with van der Waals surface area (Å²) in [5, 5.41) is 43.3. The molecule has 184 valence electrons. The summed E-state index contributed by atoms with van der Waals surface area (Å²) in [4.78, 5) is 26.0. The van der Waals surface area contributed by atoms with Crippen LogP contribution in [0.3, 0.4) is 0 Å². The van der Waals surface area contributed by atoms with Crippen LogP contribution in [0.1, 0.15) is 79.2 Å². The highest BCUT2D eigenvalue weighted by Gasteiger charge is 2.43. The van der Waals surface area contributed by atoms with E-state index in [1.54, 1.807) is 13.8 Å². The number of Topliss-reactive ketones (excluding diaryl/α,β-unsaturated/α-hetero) is 2. The molecule has 0 amide bonds. The molecule has 3 rings (SSSR count). The molecular weight excluding hydrogens is 464 g/mol. The molecule has 0 spiro atoms. The van der Waals surface area contributed by atoms with Crippen molar-refractivity contribution in [3.63, 3.8) is 0 Å². The zero-order valence-corrected chi connectivity index (χ0v) is 20.6. The standard InChI is InChI=1S/C25H29ClO8/c1-6-8-12(27)14-20(30)16(19(29)11(3)23(14)33-5)17-22(32)18(26)21(31)15-13(28)10-25(4,9-7-2)34-24(15)17/h29-32H,6-10H2,1-5H3. The molecule has 1 unspecified atom stereocenters. The van der Waals surface area contributed by atoms with Crippen molar-refractivity contribution in [1.82, 2.24) is 0 Å². The van der Waals surface area contributed by atoms with Gasteiger partial charge in [-0.2, -0.15) is 0 Å². The van der Waals surface area contributed by atoms with Crippen LogP contribution >= 0.6 is 11.6 Å². The van der Waals surface area contributed by atoms with Crippen molar-refractivity contribution in [2.45, 2.75) is 65.4 Å². The van der Waals surface area contributed by atoms with E-state index in [4.69, 9.17) is 21.1 Å². The Labute approximate surface area is 202 Å². The molecule has 0 radical (unpaired) electrons. The summed E-state index contributed by atoms with van der Waals surface area (Å²) >= 11 is 6.16. The molecular formula is C25H29ClO8. The lowest BCUT2D eigenvalue weighted by atomic mass is 9.84. The highest BCUT2D eigenvalue weighted by molar-refractivity contribution is 6.35. The third-order valence-electron chi connectivity index (χ3n) is 6.13. The van der Waals surface area contributed by atoms with E-state index >= 15 is 0 Å². The molecule has 0 bridgehead atoms. The normalized spacial score (nSPS) is 17.3. The number of ether oxygens (including phenoxy) is 2. The van der Waals surface area contributed by atoms with E-state index in [9.17, 15) is 30.0 Å². The van der Waals surface area contributed by atoms with Crippen LogP contribution in [0.25, 0.3) is 11.1 Å². The van der Waals surface area contributed by atoms with Gasteiger partial charge in [0.2, 0.25) is 0 Å². The predicted molar refractivity (Wildman–Crippen MR) is 127 cm³/mol. The minimum absolute atomic E-state index is 0.0109. The second kappa shape index (κ2) is 9.25. The number of aromatic hydroxyl groups is 4. The fourth-order valence-electron chi connectivity index (χ4n) is 4.57. The molecule has 34 heavy (non-hydrogen) atoms. The van der Waals surface area contributed by atoms with Gasteiger partial charge >= 0.3 is 0 Å². The van der Waals surface area contributed by atoms with E-state index in [0.717, 1.165) is 0 Å². The maximum atomic E-state index is 13.1. The highest BCUT2D eigenvalue weighted by Crippen LogP contribution is 2.59. The van der Waals surface area contributed by atoms with E-state index in [-0.39, 0.29) is 52.2 Å². The van der Waals surface area contributed by atoms with Crippen molar-refractivity contribution in [2.24, 2.45) is 0 Å². The Hall–Kier alpha value is -3.13. The molecule has 1 aliphatic heterocycles. The van der Waals surface area contributed by atoms with Crippen LogP contribution < -0.4 is 9.47 Å². The maximum Gasteiger partial charge on any atom is 0.174 e. The number of phenolic OH excluding ortho intramolecular Hbond substituents is 4. The molecule has 0 aliphatic carbocycles. The number of carbonyl (C=O) groups is 2. The smallest absolute Gasteiger partial charge is 0.174 e. The third kappa shape index (κ3) is 3.90. The van der Waals surface area contributed by atoms with Crippen molar-refractivity contribution in [3.8, 4) is 45.6 Å². The zero-order chi connectivity index (χ0) is 25.5. The number of hydrogen-bond acceptors (Lipinski definition) is 8. The van der Waals surface area contributed by atoms with Crippen molar-refractivity contribution >= 4 is 23.2 Å². The molecule has 0 saturated heterocycles. The van der Waals surface area contributed by atoms with E-state index in [2.05, 4.69) is 0 Å². The average Bonchev–Trinajstić information content (AvgIpc) is 2.76. The molecule has 1 atom stereocenters. The summed E-state index contributed by atoms with van der Waals surface area (Å²) in [6.45, 7) is 6.92. The topological polar surface area (TPSA) is 134 Å². The van der Waals surface area contributed by atoms with Gasteiger partial charge in [0, 0.05) is 12.0 Å². The number of benzene rings is 2. The first-order chi connectivity index (χ1) is 15.9. The Balaban J connectivity index is 2.49. The summed E-state index contributed by atoms with van der Waals surface area (Å²) in [6.07, 6.45) is 1.73.